The fourth-order valence-corrected chi connectivity index (χ4v) is 4.14. The number of methoxy groups -OCH3 is 1. The Bertz CT molecular complexity index is 1470. The zero-order valence-corrected chi connectivity index (χ0v) is 17.0. The molecule has 1 N–H and O–H groups in total. The van der Waals surface area contributed by atoms with Crippen LogP contribution in [0.3, 0.4) is 0 Å². The molecule has 8 nitrogen and oxygen atoms in total. The maximum Gasteiger partial charge on any atom is 0.228 e. The number of phenolic OH excluding ortho intramolecular Hbond substituents is 1. The molecule has 156 valence electrons. The van der Waals surface area contributed by atoms with Crippen LogP contribution in [0.1, 0.15) is 22.6 Å². The molecule has 0 amide bonds. The highest BCUT2D eigenvalue weighted by Crippen LogP contribution is 2.48. The molecule has 0 fully saturated rings. The number of benzene rings is 2. The lowest BCUT2D eigenvalue weighted by molar-refractivity contribution is 0.416. The number of ether oxygens (including phenoxy) is 2. The van der Waals surface area contributed by atoms with E-state index in [0.717, 1.165) is 22.3 Å². The van der Waals surface area contributed by atoms with Gasteiger partial charge in [-0.2, -0.15) is 0 Å². The summed E-state index contributed by atoms with van der Waals surface area (Å²) in [5, 5.41) is 14.6. The van der Waals surface area contributed by atoms with Gasteiger partial charge in [-0.05, 0) is 29.8 Å². The van der Waals surface area contributed by atoms with E-state index in [1.54, 1.807) is 36.3 Å². The third-order valence-electron chi connectivity index (χ3n) is 5.56. The summed E-state index contributed by atoms with van der Waals surface area (Å²) in [6.07, 6.45) is 5.13. The Kier molecular flexibility index (Phi) is 4.04. The third-order valence-corrected chi connectivity index (χ3v) is 5.56. The minimum Gasteiger partial charge on any atom is -0.508 e. The lowest BCUT2D eigenvalue weighted by Gasteiger charge is -2.27. The van der Waals surface area contributed by atoms with Gasteiger partial charge >= 0.3 is 0 Å². The molecule has 0 unspecified atom stereocenters. The van der Waals surface area contributed by atoms with Crippen molar-refractivity contribution in [3.05, 3.63) is 90.0 Å². The molecule has 2 aromatic carbocycles. The van der Waals surface area contributed by atoms with E-state index in [1.807, 2.05) is 48.7 Å². The highest BCUT2D eigenvalue weighted by atomic mass is 16.5. The quantitative estimate of drug-likeness (QED) is 0.456. The van der Waals surface area contributed by atoms with Crippen molar-refractivity contribution in [2.45, 2.75) is 5.92 Å². The molecule has 0 saturated carbocycles. The van der Waals surface area contributed by atoms with Gasteiger partial charge in [-0.15, -0.1) is 5.10 Å². The summed E-state index contributed by atoms with van der Waals surface area (Å²) in [6.45, 7) is 0. The van der Waals surface area contributed by atoms with Gasteiger partial charge in [-0.25, -0.2) is 14.5 Å². The van der Waals surface area contributed by atoms with Gasteiger partial charge in [-0.3, -0.25) is 4.98 Å². The van der Waals surface area contributed by atoms with Gasteiger partial charge in [0, 0.05) is 29.9 Å². The zero-order valence-electron chi connectivity index (χ0n) is 17.0. The molecule has 0 bridgehead atoms. The van der Waals surface area contributed by atoms with Gasteiger partial charge in [-0.1, -0.05) is 24.3 Å². The fraction of sp³-hybridized carbons (Fsp3) is 0.0833. The van der Waals surface area contributed by atoms with Gasteiger partial charge in [0.15, 0.2) is 11.5 Å². The molecule has 5 aromatic rings. The Morgan fingerprint density at radius 1 is 1.09 bits per heavy atom. The molecule has 1 atom stereocenters. The first kappa shape index (κ1) is 18.3. The highest BCUT2D eigenvalue weighted by molar-refractivity contribution is 5.70. The minimum absolute atomic E-state index is 0.124. The number of para-hydroxylation sites is 1. The van der Waals surface area contributed by atoms with Crippen molar-refractivity contribution in [3.8, 4) is 34.5 Å². The summed E-state index contributed by atoms with van der Waals surface area (Å²) in [5.41, 5.74) is 4.05. The van der Waals surface area contributed by atoms with Gasteiger partial charge < -0.3 is 14.6 Å². The average molecular weight is 423 g/mol. The van der Waals surface area contributed by atoms with E-state index in [9.17, 15) is 5.11 Å². The molecular formula is C24H17N5O3. The predicted octanol–water partition coefficient (Wildman–Crippen LogP) is 4.19. The van der Waals surface area contributed by atoms with Crippen LogP contribution in [0.2, 0.25) is 0 Å². The Labute approximate surface area is 182 Å². The van der Waals surface area contributed by atoms with Gasteiger partial charge in [0.1, 0.15) is 23.6 Å². The first-order chi connectivity index (χ1) is 15.7. The van der Waals surface area contributed by atoms with E-state index in [4.69, 9.17) is 14.5 Å². The molecule has 32 heavy (non-hydrogen) atoms. The van der Waals surface area contributed by atoms with Gasteiger partial charge in [0.25, 0.3) is 0 Å². The molecule has 4 heterocycles. The van der Waals surface area contributed by atoms with Crippen LogP contribution < -0.4 is 9.47 Å². The monoisotopic (exact) mass is 423 g/mol. The van der Waals surface area contributed by atoms with Crippen molar-refractivity contribution >= 4 is 5.65 Å². The first-order valence-corrected chi connectivity index (χ1v) is 10.0. The SMILES string of the molecule is COc1ccccc1-c1nc2c3c(ncn2n1)Oc1cc(O)ccc1[C@@H]3c1cccnc1. The molecule has 1 aliphatic rings. The van der Waals surface area contributed by atoms with Gasteiger partial charge in [0.2, 0.25) is 5.88 Å². The van der Waals surface area contributed by atoms with Crippen molar-refractivity contribution in [2.75, 3.05) is 7.11 Å². The lowest BCUT2D eigenvalue weighted by atomic mass is 9.84. The fourth-order valence-electron chi connectivity index (χ4n) is 4.14. The molecule has 1 aliphatic heterocycles. The van der Waals surface area contributed by atoms with E-state index >= 15 is 0 Å². The second-order valence-corrected chi connectivity index (χ2v) is 7.41. The van der Waals surface area contributed by atoms with Gasteiger partial charge in [0.05, 0.1) is 18.2 Å². The van der Waals surface area contributed by atoms with Crippen molar-refractivity contribution < 1.29 is 14.6 Å². The van der Waals surface area contributed by atoms with E-state index in [2.05, 4.69) is 15.1 Å². The van der Waals surface area contributed by atoms with E-state index in [1.165, 1.54) is 0 Å². The van der Waals surface area contributed by atoms with Crippen LogP contribution in [-0.2, 0) is 0 Å². The lowest BCUT2D eigenvalue weighted by Crippen LogP contribution is -2.15. The average Bonchev–Trinajstić information content (AvgIpc) is 3.27. The first-order valence-electron chi connectivity index (χ1n) is 10.0. The second-order valence-electron chi connectivity index (χ2n) is 7.41. The summed E-state index contributed by atoms with van der Waals surface area (Å²) in [7, 11) is 1.62. The van der Waals surface area contributed by atoms with E-state index in [0.29, 0.717) is 28.9 Å². The maximum atomic E-state index is 9.99. The smallest absolute Gasteiger partial charge is 0.228 e. The number of aromatic nitrogens is 5. The topological polar surface area (TPSA) is 94.7 Å². The van der Waals surface area contributed by atoms with Crippen LogP contribution in [0.5, 0.6) is 23.1 Å². The molecular weight excluding hydrogens is 406 g/mol. The van der Waals surface area contributed by atoms with E-state index in [-0.39, 0.29) is 11.7 Å². The number of phenols is 1. The van der Waals surface area contributed by atoms with Crippen LogP contribution in [0, 0.1) is 0 Å². The highest BCUT2D eigenvalue weighted by Gasteiger charge is 2.33. The standard InChI is InChI=1S/C24H17N5O3/c1-31-18-7-3-2-6-17(18)22-27-23-21-20(14-5-4-10-25-12-14)16-9-8-15(30)11-19(16)32-24(21)26-13-29(23)28-22/h2-13,20,30H,1H3/t20-/m0/s1. The summed E-state index contributed by atoms with van der Waals surface area (Å²) >= 11 is 0. The summed E-state index contributed by atoms with van der Waals surface area (Å²) in [5.74, 6) is 2.06. The Morgan fingerprint density at radius 2 is 2.00 bits per heavy atom. The maximum absolute atomic E-state index is 9.99. The third kappa shape index (κ3) is 2.77. The van der Waals surface area contributed by atoms with Crippen LogP contribution in [0.15, 0.2) is 73.3 Å². The Hall–Kier alpha value is -4.46. The van der Waals surface area contributed by atoms with Crippen LogP contribution in [0.25, 0.3) is 17.0 Å². The molecule has 6 rings (SSSR count). The minimum atomic E-state index is -0.242. The number of rotatable bonds is 3. The number of pyridine rings is 1. The summed E-state index contributed by atoms with van der Waals surface area (Å²) in [4.78, 5) is 13.7. The second kappa shape index (κ2) is 7.05. The van der Waals surface area contributed by atoms with Crippen molar-refractivity contribution in [1.29, 1.82) is 0 Å². The Morgan fingerprint density at radius 3 is 2.84 bits per heavy atom. The van der Waals surface area contributed by atoms with Crippen LogP contribution in [-0.4, -0.2) is 36.8 Å². The number of aromatic hydroxyl groups is 1. The van der Waals surface area contributed by atoms with Crippen LogP contribution >= 0.6 is 0 Å². The molecule has 0 radical (unpaired) electrons. The normalized spacial score (nSPS) is 14.5. The predicted molar refractivity (Wildman–Crippen MR) is 116 cm³/mol. The molecule has 0 aliphatic carbocycles. The molecule has 8 heteroatoms. The zero-order chi connectivity index (χ0) is 21.7. The Balaban J connectivity index is 1.62. The van der Waals surface area contributed by atoms with Crippen molar-refractivity contribution in [2.24, 2.45) is 0 Å². The summed E-state index contributed by atoms with van der Waals surface area (Å²) < 4.78 is 13.2. The molecule has 0 spiro atoms. The number of hydrogen-bond acceptors (Lipinski definition) is 7. The van der Waals surface area contributed by atoms with Crippen LogP contribution in [0.4, 0.5) is 0 Å². The largest absolute Gasteiger partial charge is 0.508 e. The van der Waals surface area contributed by atoms with Crippen molar-refractivity contribution in [1.82, 2.24) is 24.6 Å². The molecule has 0 saturated heterocycles. The number of nitrogens with zero attached hydrogens (tertiary/aromatic N) is 5. The number of fused-ring (bicyclic) bond motifs is 4. The number of hydrogen-bond donors (Lipinski definition) is 1. The van der Waals surface area contributed by atoms with Crippen molar-refractivity contribution in [3.63, 3.8) is 0 Å². The van der Waals surface area contributed by atoms with E-state index < -0.39 is 0 Å². The molecule has 3 aromatic heterocycles. The summed E-state index contributed by atoms with van der Waals surface area (Å²) in [6, 6.07) is 16.6.